The Bertz CT molecular complexity index is 495. The molecule has 6 heteroatoms. The third-order valence-corrected chi connectivity index (χ3v) is 2.76. The summed E-state index contributed by atoms with van der Waals surface area (Å²) < 4.78 is 10.6. The molecule has 0 bridgehead atoms. The molecule has 1 aromatic rings. The Morgan fingerprint density at radius 2 is 1.82 bits per heavy atom. The van der Waals surface area contributed by atoms with Gasteiger partial charge in [0.25, 0.3) is 0 Å². The van der Waals surface area contributed by atoms with Crippen molar-refractivity contribution in [2.24, 2.45) is 0 Å². The molecule has 2 N–H and O–H groups in total. The van der Waals surface area contributed by atoms with E-state index in [1.165, 1.54) is 0 Å². The SMILES string of the molecule is CC(OCc1ccccc1)[C@@H](NC(=O)OC(C)(C)C)C(=O)O. The van der Waals surface area contributed by atoms with Crippen LogP contribution in [0.15, 0.2) is 30.3 Å². The summed E-state index contributed by atoms with van der Waals surface area (Å²) in [5.74, 6) is -1.17. The third kappa shape index (κ3) is 6.58. The van der Waals surface area contributed by atoms with Gasteiger partial charge in [-0.3, -0.25) is 0 Å². The highest BCUT2D eigenvalue weighted by atomic mass is 16.6. The van der Waals surface area contributed by atoms with Crippen LogP contribution in [0.1, 0.15) is 33.3 Å². The molecule has 22 heavy (non-hydrogen) atoms. The second-order valence-corrected chi connectivity index (χ2v) is 5.96. The Labute approximate surface area is 130 Å². The maximum absolute atomic E-state index is 11.7. The lowest BCUT2D eigenvalue weighted by molar-refractivity contribution is -0.143. The van der Waals surface area contributed by atoms with Crippen LogP contribution in [0.5, 0.6) is 0 Å². The minimum absolute atomic E-state index is 0.266. The predicted octanol–water partition coefficient (Wildman–Crippen LogP) is 2.57. The second-order valence-electron chi connectivity index (χ2n) is 5.96. The summed E-state index contributed by atoms with van der Waals surface area (Å²) in [5.41, 5.74) is 0.233. The summed E-state index contributed by atoms with van der Waals surface area (Å²) in [6.07, 6.45) is -1.49. The smallest absolute Gasteiger partial charge is 0.408 e. The molecule has 0 heterocycles. The molecule has 0 saturated carbocycles. The second kappa shape index (κ2) is 7.79. The van der Waals surface area contributed by atoms with E-state index in [1.807, 2.05) is 30.3 Å². The minimum atomic E-state index is -1.18. The van der Waals surface area contributed by atoms with Crippen molar-refractivity contribution in [1.29, 1.82) is 0 Å². The molecule has 0 spiro atoms. The van der Waals surface area contributed by atoms with Crippen molar-refractivity contribution in [2.75, 3.05) is 0 Å². The number of aliphatic carboxylic acids is 1. The number of carbonyl (C=O) groups is 2. The van der Waals surface area contributed by atoms with Crippen LogP contribution in [0.2, 0.25) is 0 Å². The fourth-order valence-corrected chi connectivity index (χ4v) is 1.71. The van der Waals surface area contributed by atoms with Gasteiger partial charge in [0.2, 0.25) is 0 Å². The summed E-state index contributed by atoms with van der Waals surface area (Å²) >= 11 is 0. The number of carbonyl (C=O) groups excluding carboxylic acids is 1. The quantitative estimate of drug-likeness (QED) is 0.843. The zero-order chi connectivity index (χ0) is 16.8. The van der Waals surface area contributed by atoms with E-state index in [4.69, 9.17) is 9.47 Å². The van der Waals surface area contributed by atoms with Crippen LogP contribution in [0, 0.1) is 0 Å². The molecule has 0 aliphatic heterocycles. The average molecular weight is 309 g/mol. The van der Waals surface area contributed by atoms with E-state index in [0.29, 0.717) is 0 Å². The molecule has 6 nitrogen and oxygen atoms in total. The Morgan fingerprint density at radius 1 is 1.23 bits per heavy atom. The fraction of sp³-hybridized carbons (Fsp3) is 0.500. The third-order valence-electron chi connectivity index (χ3n) is 2.76. The standard InChI is InChI=1S/C16H23NO5/c1-11(21-10-12-8-6-5-7-9-12)13(14(18)19)17-15(20)22-16(2,3)4/h5-9,11,13H,10H2,1-4H3,(H,17,20)(H,18,19)/t11?,13-/m1/s1. The molecule has 2 atom stereocenters. The van der Waals surface area contributed by atoms with Crippen molar-refractivity contribution < 1.29 is 24.2 Å². The van der Waals surface area contributed by atoms with Crippen molar-refractivity contribution in [3.05, 3.63) is 35.9 Å². The molecule has 1 aromatic carbocycles. The summed E-state index contributed by atoms with van der Waals surface area (Å²) in [6.45, 7) is 6.98. The number of hydrogen-bond donors (Lipinski definition) is 2. The van der Waals surface area contributed by atoms with Crippen LogP contribution in [-0.4, -0.2) is 34.9 Å². The highest BCUT2D eigenvalue weighted by Gasteiger charge is 2.29. The Kier molecular flexibility index (Phi) is 6.37. The van der Waals surface area contributed by atoms with Gasteiger partial charge in [-0.1, -0.05) is 30.3 Å². The lowest BCUT2D eigenvalue weighted by atomic mass is 10.1. The molecule has 0 fully saturated rings. The lowest BCUT2D eigenvalue weighted by Crippen LogP contribution is -2.50. The molecule has 0 aliphatic rings. The van der Waals surface area contributed by atoms with E-state index in [2.05, 4.69) is 5.32 Å². The van der Waals surface area contributed by atoms with E-state index in [-0.39, 0.29) is 6.61 Å². The Balaban J connectivity index is 2.58. The predicted molar refractivity (Wildman–Crippen MR) is 81.5 cm³/mol. The molecule has 0 radical (unpaired) electrons. The number of carboxylic acids is 1. The molecular formula is C16H23NO5. The van der Waals surface area contributed by atoms with Crippen molar-refractivity contribution in [2.45, 2.75) is 52.0 Å². The van der Waals surface area contributed by atoms with Crippen molar-refractivity contribution in [1.82, 2.24) is 5.32 Å². The van der Waals surface area contributed by atoms with Crippen molar-refractivity contribution in [3.8, 4) is 0 Å². The van der Waals surface area contributed by atoms with Gasteiger partial charge in [-0.05, 0) is 33.3 Å². The number of rotatable bonds is 6. The summed E-state index contributed by atoms with van der Waals surface area (Å²) in [7, 11) is 0. The van der Waals surface area contributed by atoms with Crippen LogP contribution in [-0.2, 0) is 20.9 Å². The lowest BCUT2D eigenvalue weighted by Gasteiger charge is -2.25. The molecule has 0 saturated heterocycles. The van der Waals surface area contributed by atoms with E-state index in [9.17, 15) is 14.7 Å². The largest absolute Gasteiger partial charge is 0.480 e. The van der Waals surface area contributed by atoms with Crippen LogP contribution in [0.4, 0.5) is 4.79 Å². The zero-order valence-corrected chi connectivity index (χ0v) is 13.3. The van der Waals surface area contributed by atoms with Gasteiger partial charge < -0.3 is 19.9 Å². The average Bonchev–Trinajstić information content (AvgIpc) is 2.41. The Morgan fingerprint density at radius 3 is 2.32 bits per heavy atom. The van der Waals surface area contributed by atoms with Gasteiger partial charge in [-0.25, -0.2) is 9.59 Å². The van der Waals surface area contributed by atoms with E-state index in [0.717, 1.165) is 5.56 Å². The zero-order valence-electron chi connectivity index (χ0n) is 13.3. The molecule has 1 unspecified atom stereocenters. The van der Waals surface area contributed by atoms with Crippen molar-refractivity contribution >= 4 is 12.1 Å². The maximum atomic E-state index is 11.7. The first kappa shape index (κ1) is 18.0. The van der Waals surface area contributed by atoms with E-state index in [1.54, 1.807) is 27.7 Å². The number of benzene rings is 1. The van der Waals surface area contributed by atoms with Gasteiger partial charge in [-0.2, -0.15) is 0 Å². The summed E-state index contributed by atoms with van der Waals surface area (Å²) in [6, 6.07) is 8.21. The summed E-state index contributed by atoms with van der Waals surface area (Å²) in [4.78, 5) is 23.0. The van der Waals surface area contributed by atoms with Crippen molar-refractivity contribution in [3.63, 3.8) is 0 Å². The maximum Gasteiger partial charge on any atom is 0.408 e. The van der Waals surface area contributed by atoms with Gasteiger partial charge in [0.15, 0.2) is 6.04 Å². The van der Waals surface area contributed by atoms with E-state index < -0.39 is 29.8 Å². The molecular weight excluding hydrogens is 286 g/mol. The number of amides is 1. The van der Waals surface area contributed by atoms with Gasteiger partial charge in [0.1, 0.15) is 5.60 Å². The van der Waals surface area contributed by atoms with Gasteiger partial charge in [-0.15, -0.1) is 0 Å². The number of ether oxygens (including phenoxy) is 2. The topological polar surface area (TPSA) is 84.9 Å². The number of nitrogens with one attached hydrogen (secondary N) is 1. The molecule has 122 valence electrons. The molecule has 1 rings (SSSR count). The molecule has 0 aromatic heterocycles. The van der Waals surface area contributed by atoms with Gasteiger partial charge in [0.05, 0.1) is 12.7 Å². The van der Waals surface area contributed by atoms with Crippen LogP contribution >= 0.6 is 0 Å². The van der Waals surface area contributed by atoms with Gasteiger partial charge >= 0.3 is 12.1 Å². The number of carboxylic acid groups (broad SMARTS) is 1. The first-order valence-corrected chi connectivity index (χ1v) is 7.07. The monoisotopic (exact) mass is 309 g/mol. The minimum Gasteiger partial charge on any atom is -0.480 e. The summed E-state index contributed by atoms with van der Waals surface area (Å²) in [5, 5.41) is 11.6. The molecule has 1 amide bonds. The highest BCUT2D eigenvalue weighted by Crippen LogP contribution is 2.09. The van der Waals surface area contributed by atoms with Crippen LogP contribution < -0.4 is 5.32 Å². The van der Waals surface area contributed by atoms with Crippen LogP contribution in [0.3, 0.4) is 0 Å². The highest BCUT2D eigenvalue weighted by molar-refractivity contribution is 5.80. The first-order chi connectivity index (χ1) is 10.2. The normalized spacial score (nSPS) is 14.0. The fourth-order valence-electron chi connectivity index (χ4n) is 1.71. The van der Waals surface area contributed by atoms with Crippen LogP contribution in [0.25, 0.3) is 0 Å². The first-order valence-electron chi connectivity index (χ1n) is 7.07. The number of hydrogen-bond acceptors (Lipinski definition) is 4. The van der Waals surface area contributed by atoms with Gasteiger partial charge in [0, 0.05) is 0 Å². The molecule has 0 aliphatic carbocycles. The number of alkyl carbamates (subject to hydrolysis) is 1. The Hall–Kier alpha value is -2.08. The van der Waals surface area contributed by atoms with E-state index >= 15 is 0 Å².